The van der Waals surface area contributed by atoms with E-state index in [1.807, 2.05) is 12.1 Å². The molecule has 16 heavy (non-hydrogen) atoms. The molecule has 1 aromatic rings. The van der Waals surface area contributed by atoms with Crippen LogP contribution in [0.1, 0.15) is 12.0 Å². The van der Waals surface area contributed by atoms with E-state index in [0.717, 1.165) is 17.7 Å². The Balaban J connectivity index is 3.11. The van der Waals surface area contributed by atoms with Crippen molar-refractivity contribution in [2.75, 3.05) is 21.3 Å². The fourth-order valence-electron chi connectivity index (χ4n) is 1.49. The van der Waals surface area contributed by atoms with Crippen LogP contribution in [-0.4, -0.2) is 21.3 Å². The van der Waals surface area contributed by atoms with Crippen LogP contribution in [0, 0.1) is 12.3 Å². The van der Waals surface area contributed by atoms with Gasteiger partial charge in [0.1, 0.15) is 5.75 Å². The zero-order chi connectivity index (χ0) is 12.0. The van der Waals surface area contributed by atoms with E-state index in [-0.39, 0.29) is 0 Å². The molecule has 1 rings (SSSR count). The monoisotopic (exact) mass is 220 g/mol. The van der Waals surface area contributed by atoms with Crippen molar-refractivity contribution in [2.45, 2.75) is 12.8 Å². The standard InChI is InChI=1S/C13H16O3/c1-5-6-7-10-8-12(15-3)13(16-4)9-11(10)14-2/h1,8-9H,6-7H2,2-4H3. The minimum atomic E-state index is 0.656. The highest BCUT2D eigenvalue weighted by Gasteiger charge is 2.10. The third-order valence-corrected chi connectivity index (χ3v) is 2.33. The van der Waals surface area contributed by atoms with E-state index >= 15 is 0 Å². The molecule has 0 fully saturated rings. The maximum Gasteiger partial charge on any atom is 0.164 e. The largest absolute Gasteiger partial charge is 0.496 e. The minimum absolute atomic E-state index is 0.656. The first-order valence-electron chi connectivity index (χ1n) is 4.99. The maximum absolute atomic E-state index is 5.28. The van der Waals surface area contributed by atoms with Crippen molar-refractivity contribution < 1.29 is 14.2 Å². The molecule has 0 amide bonds. The van der Waals surface area contributed by atoms with Crippen LogP contribution in [0.4, 0.5) is 0 Å². The van der Waals surface area contributed by atoms with Gasteiger partial charge in [0.25, 0.3) is 0 Å². The number of benzene rings is 1. The van der Waals surface area contributed by atoms with Gasteiger partial charge in [0, 0.05) is 12.5 Å². The molecule has 1 aromatic carbocycles. The lowest BCUT2D eigenvalue weighted by molar-refractivity contribution is 0.347. The summed E-state index contributed by atoms with van der Waals surface area (Å²) in [6.07, 6.45) is 6.68. The fourth-order valence-corrected chi connectivity index (χ4v) is 1.49. The summed E-state index contributed by atoms with van der Waals surface area (Å²) in [7, 11) is 4.83. The molecule has 0 N–H and O–H groups in total. The molecule has 0 spiro atoms. The smallest absolute Gasteiger partial charge is 0.164 e. The van der Waals surface area contributed by atoms with Crippen LogP contribution >= 0.6 is 0 Å². The molecule has 0 unspecified atom stereocenters. The number of terminal acetylenes is 1. The third kappa shape index (κ3) is 2.60. The lowest BCUT2D eigenvalue weighted by Crippen LogP contribution is -1.97. The molecule has 0 aliphatic rings. The van der Waals surface area contributed by atoms with E-state index in [1.165, 1.54) is 0 Å². The lowest BCUT2D eigenvalue weighted by Gasteiger charge is -2.13. The first-order chi connectivity index (χ1) is 7.76. The molecule has 0 aromatic heterocycles. The third-order valence-electron chi connectivity index (χ3n) is 2.33. The van der Waals surface area contributed by atoms with Gasteiger partial charge in [-0.3, -0.25) is 0 Å². The van der Waals surface area contributed by atoms with Crippen LogP contribution in [0.5, 0.6) is 17.2 Å². The molecular formula is C13H16O3. The van der Waals surface area contributed by atoms with E-state index in [4.69, 9.17) is 20.6 Å². The molecule has 0 saturated carbocycles. The average molecular weight is 220 g/mol. The van der Waals surface area contributed by atoms with E-state index in [1.54, 1.807) is 21.3 Å². The highest BCUT2D eigenvalue weighted by Crippen LogP contribution is 2.34. The van der Waals surface area contributed by atoms with Crippen molar-refractivity contribution in [1.29, 1.82) is 0 Å². The Morgan fingerprint density at radius 3 is 2.06 bits per heavy atom. The Labute approximate surface area is 96.3 Å². The highest BCUT2D eigenvalue weighted by molar-refractivity contribution is 5.50. The quantitative estimate of drug-likeness (QED) is 0.712. The van der Waals surface area contributed by atoms with Gasteiger partial charge >= 0.3 is 0 Å². The van der Waals surface area contributed by atoms with Crippen LogP contribution in [0.3, 0.4) is 0 Å². The number of hydrogen-bond donors (Lipinski definition) is 0. The van der Waals surface area contributed by atoms with Gasteiger partial charge in [0.2, 0.25) is 0 Å². The Hall–Kier alpha value is -1.82. The normalized spacial score (nSPS) is 9.38. The summed E-state index contributed by atoms with van der Waals surface area (Å²) in [4.78, 5) is 0. The molecular weight excluding hydrogens is 204 g/mol. The van der Waals surface area contributed by atoms with Gasteiger partial charge in [0.05, 0.1) is 21.3 Å². The summed E-state index contributed by atoms with van der Waals surface area (Å²) >= 11 is 0. The van der Waals surface area contributed by atoms with E-state index in [2.05, 4.69) is 5.92 Å². The summed E-state index contributed by atoms with van der Waals surface area (Å²) in [6.45, 7) is 0. The second-order valence-corrected chi connectivity index (χ2v) is 3.22. The van der Waals surface area contributed by atoms with Gasteiger partial charge in [-0.1, -0.05) is 0 Å². The second-order valence-electron chi connectivity index (χ2n) is 3.22. The predicted octanol–water partition coefficient (Wildman–Crippen LogP) is 2.28. The highest BCUT2D eigenvalue weighted by atomic mass is 16.5. The molecule has 0 radical (unpaired) electrons. The van der Waals surface area contributed by atoms with E-state index in [0.29, 0.717) is 17.9 Å². The Morgan fingerprint density at radius 2 is 1.56 bits per heavy atom. The maximum atomic E-state index is 5.28. The summed E-state index contributed by atoms with van der Waals surface area (Å²) in [5, 5.41) is 0. The predicted molar refractivity (Wildman–Crippen MR) is 63.3 cm³/mol. The molecule has 0 bridgehead atoms. The van der Waals surface area contributed by atoms with Crippen molar-refractivity contribution in [3.63, 3.8) is 0 Å². The summed E-state index contributed by atoms with van der Waals surface area (Å²) < 4.78 is 15.7. The summed E-state index contributed by atoms with van der Waals surface area (Å²) in [5.41, 5.74) is 1.03. The zero-order valence-corrected chi connectivity index (χ0v) is 9.87. The molecule has 3 heteroatoms. The van der Waals surface area contributed by atoms with Crippen LogP contribution < -0.4 is 14.2 Å². The fraction of sp³-hybridized carbons (Fsp3) is 0.385. The molecule has 0 aliphatic heterocycles. The average Bonchev–Trinajstić information content (AvgIpc) is 2.35. The lowest BCUT2D eigenvalue weighted by atomic mass is 10.1. The molecule has 86 valence electrons. The molecule has 0 atom stereocenters. The van der Waals surface area contributed by atoms with Gasteiger partial charge in [-0.25, -0.2) is 0 Å². The summed E-state index contributed by atoms with van der Waals surface area (Å²) in [5.74, 6) is 4.72. The minimum Gasteiger partial charge on any atom is -0.496 e. The van der Waals surface area contributed by atoms with Crippen LogP contribution in [-0.2, 0) is 6.42 Å². The second kappa shape index (κ2) is 5.92. The SMILES string of the molecule is C#CCCc1cc(OC)c(OC)cc1OC. The Bertz CT molecular complexity index is 391. The van der Waals surface area contributed by atoms with Crippen molar-refractivity contribution in [1.82, 2.24) is 0 Å². The number of aryl methyl sites for hydroxylation is 1. The molecule has 0 aliphatic carbocycles. The van der Waals surface area contributed by atoms with Crippen molar-refractivity contribution in [2.24, 2.45) is 0 Å². The van der Waals surface area contributed by atoms with E-state index in [9.17, 15) is 0 Å². The van der Waals surface area contributed by atoms with Gasteiger partial charge in [-0.2, -0.15) is 0 Å². The van der Waals surface area contributed by atoms with Crippen molar-refractivity contribution in [3.05, 3.63) is 17.7 Å². The summed E-state index contributed by atoms with van der Waals surface area (Å²) in [6, 6.07) is 3.71. The number of ether oxygens (including phenoxy) is 3. The van der Waals surface area contributed by atoms with Gasteiger partial charge < -0.3 is 14.2 Å². The van der Waals surface area contributed by atoms with Crippen LogP contribution in [0.2, 0.25) is 0 Å². The van der Waals surface area contributed by atoms with E-state index < -0.39 is 0 Å². The van der Waals surface area contributed by atoms with Crippen molar-refractivity contribution >= 4 is 0 Å². The zero-order valence-electron chi connectivity index (χ0n) is 9.87. The first-order valence-corrected chi connectivity index (χ1v) is 4.99. The molecule has 0 heterocycles. The molecule has 3 nitrogen and oxygen atoms in total. The topological polar surface area (TPSA) is 27.7 Å². The van der Waals surface area contributed by atoms with Gasteiger partial charge in [-0.05, 0) is 18.1 Å². The van der Waals surface area contributed by atoms with Crippen LogP contribution in [0.15, 0.2) is 12.1 Å². The van der Waals surface area contributed by atoms with Crippen molar-refractivity contribution in [3.8, 4) is 29.6 Å². The van der Waals surface area contributed by atoms with Gasteiger partial charge in [-0.15, -0.1) is 12.3 Å². The number of methoxy groups -OCH3 is 3. The number of rotatable bonds is 5. The Morgan fingerprint density at radius 1 is 1.00 bits per heavy atom. The van der Waals surface area contributed by atoms with Gasteiger partial charge in [0.15, 0.2) is 11.5 Å². The number of hydrogen-bond acceptors (Lipinski definition) is 3. The van der Waals surface area contributed by atoms with Crippen LogP contribution in [0.25, 0.3) is 0 Å². The molecule has 0 saturated heterocycles. The first kappa shape index (κ1) is 12.3. The Kier molecular flexibility index (Phi) is 4.53.